The maximum atomic E-state index is 12.9. The first kappa shape index (κ1) is 25.4. The number of nitrogens with one attached hydrogen (secondary N) is 1. The third-order valence-electron chi connectivity index (χ3n) is 5.46. The van der Waals surface area contributed by atoms with Crippen molar-refractivity contribution in [2.45, 2.75) is 43.5 Å². The van der Waals surface area contributed by atoms with Gasteiger partial charge < -0.3 is 0 Å². The van der Waals surface area contributed by atoms with Crippen molar-refractivity contribution in [2.24, 2.45) is 0 Å². The Morgan fingerprint density at radius 1 is 0.971 bits per heavy atom. The van der Waals surface area contributed by atoms with Crippen LogP contribution in [-0.4, -0.2) is 23.2 Å². The number of sulfonamides is 1. The zero-order valence-corrected chi connectivity index (χ0v) is 22.2. The smallest absolute Gasteiger partial charge is 0.216 e. The van der Waals surface area contributed by atoms with Crippen LogP contribution in [0, 0.1) is 13.8 Å². The maximum Gasteiger partial charge on any atom is 0.216 e. The monoisotopic (exact) mass is 526 g/mol. The topological polar surface area (TPSA) is 76.9 Å². The number of rotatable bonds is 9. The molecule has 0 amide bonds. The highest BCUT2D eigenvalue weighted by molar-refractivity contribution is 7.98. The van der Waals surface area contributed by atoms with Gasteiger partial charge in [-0.15, -0.1) is 10.2 Å². The summed E-state index contributed by atoms with van der Waals surface area (Å²) in [6.07, 6.45) is 0. The molecular weight excluding hydrogens is 500 g/mol. The molecule has 1 atom stereocenters. The van der Waals surface area contributed by atoms with Crippen molar-refractivity contribution in [3.8, 4) is 5.69 Å². The molecule has 1 heterocycles. The average Bonchev–Trinajstić information content (AvgIpc) is 3.23. The van der Waals surface area contributed by atoms with Crippen molar-refractivity contribution in [1.29, 1.82) is 0 Å². The standard InChI is InChI=1S/C26H27ClN4O2S2/c1-18-8-7-11-22(14-18)16-34-26-29-28-25(31(26)24-15-23(27)13-12-19(24)2)20(3)30-35(32,33)17-21-9-5-4-6-10-21/h4-15,20,30H,16-17H2,1-3H3. The fourth-order valence-corrected chi connectivity index (χ4v) is 6.23. The number of nitrogens with zero attached hydrogens (tertiary/aromatic N) is 3. The molecule has 4 aromatic rings. The number of aryl methyl sites for hydroxylation is 2. The van der Waals surface area contributed by atoms with Crippen molar-refractivity contribution in [3.63, 3.8) is 0 Å². The average molecular weight is 527 g/mol. The summed E-state index contributed by atoms with van der Waals surface area (Å²) in [5.74, 6) is 1.09. The van der Waals surface area contributed by atoms with Gasteiger partial charge in [0.1, 0.15) is 0 Å². The fourth-order valence-electron chi connectivity index (χ4n) is 3.81. The number of hydrogen-bond acceptors (Lipinski definition) is 5. The van der Waals surface area contributed by atoms with E-state index in [1.165, 1.54) is 11.1 Å². The molecule has 182 valence electrons. The summed E-state index contributed by atoms with van der Waals surface area (Å²) in [6, 6.07) is 22.4. The van der Waals surface area contributed by atoms with Gasteiger partial charge in [-0.1, -0.05) is 89.6 Å². The molecule has 0 radical (unpaired) electrons. The summed E-state index contributed by atoms with van der Waals surface area (Å²) in [7, 11) is -3.61. The van der Waals surface area contributed by atoms with Crippen LogP contribution in [0.25, 0.3) is 5.69 Å². The van der Waals surface area contributed by atoms with Crippen LogP contribution in [0.3, 0.4) is 0 Å². The van der Waals surface area contributed by atoms with Crippen LogP contribution in [0.1, 0.15) is 41.0 Å². The third-order valence-corrected chi connectivity index (χ3v) is 8.13. The van der Waals surface area contributed by atoms with Gasteiger partial charge in [-0.3, -0.25) is 4.57 Å². The molecule has 9 heteroatoms. The minimum absolute atomic E-state index is 0.114. The lowest BCUT2D eigenvalue weighted by atomic mass is 10.2. The lowest BCUT2D eigenvalue weighted by Crippen LogP contribution is -2.30. The molecule has 1 N–H and O–H groups in total. The Morgan fingerprint density at radius 3 is 2.46 bits per heavy atom. The molecule has 4 rings (SSSR count). The Labute approximate surface area is 215 Å². The number of hydrogen-bond donors (Lipinski definition) is 1. The molecule has 0 aliphatic carbocycles. The van der Waals surface area contributed by atoms with E-state index in [0.29, 0.717) is 27.3 Å². The molecule has 0 fully saturated rings. The van der Waals surface area contributed by atoms with E-state index >= 15 is 0 Å². The largest absolute Gasteiger partial charge is 0.272 e. The lowest BCUT2D eigenvalue weighted by Gasteiger charge is -2.18. The van der Waals surface area contributed by atoms with Gasteiger partial charge in [-0.25, -0.2) is 13.1 Å². The summed E-state index contributed by atoms with van der Waals surface area (Å²) in [6.45, 7) is 5.82. The summed E-state index contributed by atoms with van der Waals surface area (Å²) in [5.41, 5.74) is 4.88. The highest BCUT2D eigenvalue weighted by Crippen LogP contribution is 2.30. The summed E-state index contributed by atoms with van der Waals surface area (Å²) < 4.78 is 30.5. The van der Waals surface area contributed by atoms with Crippen LogP contribution in [0.5, 0.6) is 0 Å². The quantitative estimate of drug-likeness (QED) is 0.270. The Kier molecular flexibility index (Phi) is 7.96. The van der Waals surface area contributed by atoms with Crippen molar-refractivity contribution in [2.75, 3.05) is 0 Å². The number of benzene rings is 3. The molecule has 3 aromatic carbocycles. The van der Waals surface area contributed by atoms with E-state index < -0.39 is 16.1 Å². The van der Waals surface area contributed by atoms with Crippen molar-refractivity contribution >= 4 is 33.4 Å². The fraction of sp³-hybridized carbons (Fsp3) is 0.231. The zero-order valence-electron chi connectivity index (χ0n) is 19.8. The Balaban J connectivity index is 1.66. The third kappa shape index (κ3) is 6.52. The van der Waals surface area contributed by atoms with E-state index in [2.05, 4.69) is 40.0 Å². The zero-order chi connectivity index (χ0) is 25.0. The second kappa shape index (κ2) is 11.0. The van der Waals surface area contributed by atoms with Crippen molar-refractivity contribution < 1.29 is 8.42 Å². The van der Waals surface area contributed by atoms with Crippen LogP contribution in [-0.2, 0) is 21.5 Å². The normalized spacial score (nSPS) is 12.6. The van der Waals surface area contributed by atoms with Crippen LogP contribution in [0.15, 0.2) is 78.0 Å². The first-order chi connectivity index (χ1) is 16.7. The first-order valence-corrected chi connectivity index (χ1v) is 14.2. The molecule has 0 bridgehead atoms. The molecule has 6 nitrogen and oxygen atoms in total. The van der Waals surface area contributed by atoms with Crippen molar-refractivity contribution in [3.05, 3.63) is 106 Å². The van der Waals surface area contributed by atoms with Crippen LogP contribution >= 0.6 is 23.4 Å². The molecule has 0 spiro atoms. The SMILES string of the molecule is Cc1cccc(CSc2nnc(C(C)NS(=O)(=O)Cc3ccccc3)n2-c2cc(Cl)ccc2C)c1. The Hall–Kier alpha value is -2.65. The van der Waals surface area contributed by atoms with E-state index in [0.717, 1.165) is 11.3 Å². The molecule has 1 aromatic heterocycles. The van der Waals surface area contributed by atoms with E-state index in [1.54, 1.807) is 30.8 Å². The van der Waals surface area contributed by atoms with E-state index in [9.17, 15) is 8.42 Å². The molecule has 0 aliphatic rings. The van der Waals surface area contributed by atoms with Gasteiger partial charge in [0, 0.05) is 10.8 Å². The second-order valence-corrected chi connectivity index (χ2v) is 11.6. The van der Waals surface area contributed by atoms with Gasteiger partial charge in [-0.2, -0.15) is 0 Å². The van der Waals surface area contributed by atoms with Crippen LogP contribution < -0.4 is 4.72 Å². The summed E-state index contributed by atoms with van der Waals surface area (Å²) in [5, 5.41) is 10.1. The number of thioether (sulfide) groups is 1. The maximum absolute atomic E-state index is 12.9. The highest BCUT2D eigenvalue weighted by atomic mass is 35.5. The summed E-state index contributed by atoms with van der Waals surface area (Å²) in [4.78, 5) is 0. The van der Waals surface area contributed by atoms with Gasteiger partial charge in [0.2, 0.25) is 10.0 Å². The van der Waals surface area contributed by atoms with Gasteiger partial charge >= 0.3 is 0 Å². The van der Waals surface area contributed by atoms with E-state index in [1.807, 2.05) is 54.0 Å². The predicted molar refractivity (Wildman–Crippen MR) is 142 cm³/mol. The number of halogens is 1. The molecule has 0 saturated carbocycles. The Bertz CT molecular complexity index is 1420. The molecule has 0 saturated heterocycles. The molecule has 35 heavy (non-hydrogen) atoms. The minimum Gasteiger partial charge on any atom is -0.272 e. The van der Waals surface area contributed by atoms with Gasteiger partial charge in [0.05, 0.1) is 17.5 Å². The van der Waals surface area contributed by atoms with E-state index in [-0.39, 0.29) is 5.75 Å². The van der Waals surface area contributed by atoms with Gasteiger partial charge in [0.15, 0.2) is 11.0 Å². The molecule has 1 unspecified atom stereocenters. The van der Waals surface area contributed by atoms with Gasteiger partial charge in [0.25, 0.3) is 0 Å². The second-order valence-electron chi connectivity index (χ2n) is 8.47. The van der Waals surface area contributed by atoms with E-state index in [4.69, 9.17) is 11.6 Å². The van der Waals surface area contributed by atoms with Crippen LogP contribution in [0.2, 0.25) is 5.02 Å². The lowest BCUT2D eigenvalue weighted by molar-refractivity contribution is 0.555. The van der Waals surface area contributed by atoms with Crippen LogP contribution in [0.4, 0.5) is 0 Å². The highest BCUT2D eigenvalue weighted by Gasteiger charge is 2.24. The number of aromatic nitrogens is 3. The Morgan fingerprint density at radius 2 is 1.71 bits per heavy atom. The van der Waals surface area contributed by atoms with Crippen molar-refractivity contribution in [1.82, 2.24) is 19.5 Å². The predicted octanol–water partition coefficient (Wildman–Crippen LogP) is 6.01. The first-order valence-electron chi connectivity index (χ1n) is 11.2. The summed E-state index contributed by atoms with van der Waals surface area (Å²) >= 11 is 7.88. The minimum atomic E-state index is -3.61. The molecular formula is C26H27ClN4O2S2. The van der Waals surface area contributed by atoms with Gasteiger partial charge in [-0.05, 0) is 49.6 Å². The molecule has 0 aliphatic heterocycles.